The van der Waals surface area contributed by atoms with Gasteiger partial charge in [0.15, 0.2) is 34.6 Å². The molecule has 32 heteroatoms. The molecular formula is C87H80Cl4F8O20. The summed E-state index contributed by atoms with van der Waals surface area (Å²) >= 11 is 23.2. The van der Waals surface area contributed by atoms with Gasteiger partial charge in [-0.1, -0.05) is 67.2 Å². The van der Waals surface area contributed by atoms with Crippen molar-refractivity contribution >= 4 is 99.2 Å². The molecule has 0 aromatic heterocycles. The average molecular weight is 1740 g/mol. The van der Waals surface area contributed by atoms with Gasteiger partial charge >= 0.3 is 23.9 Å². The summed E-state index contributed by atoms with van der Waals surface area (Å²) in [5.41, 5.74) is -20.7. The van der Waals surface area contributed by atoms with Crippen molar-refractivity contribution in [2.45, 2.75) is 131 Å². The van der Waals surface area contributed by atoms with Crippen LogP contribution in [0.4, 0.5) is 35.1 Å². The number of hydrogen-bond acceptors (Lipinski definition) is 17. The number of hydrogen-bond donors (Lipinski definition) is 6. The van der Waals surface area contributed by atoms with Crippen LogP contribution in [0, 0.1) is 23.3 Å². The van der Waals surface area contributed by atoms with Crippen molar-refractivity contribution in [3.8, 4) is 0 Å². The molecule has 119 heavy (non-hydrogen) atoms. The minimum absolute atomic E-state index is 0.0243. The SMILES string of the molecule is CCC(O)(c1cc(F)c(C(=O)c2ccc(Cl)cc2)c(C(=O)O)c1)C1(F)CCOCC1.CC[C@@](O)(c1cc(F)c(C(=O)c2ccc(Cl)cc2)c(C(=O)O)c1)C1(F)CCOCC1.CC[C@@](O)(c1cc(F)c(C(=O)c2ccc(Cl)cc2)c(C(=O)OC)c1)C1(F)CCOCC1.O=C(O)c1cc(C(=O)C2(F)CCOCC2)cc(F)c1C(=O)c1ccc(Cl)cc1. The third kappa shape index (κ3) is 19.9. The van der Waals surface area contributed by atoms with Crippen molar-refractivity contribution < 1.29 is 133 Å². The van der Waals surface area contributed by atoms with E-state index in [-0.39, 0.29) is 168 Å². The second-order valence-electron chi connectivity index (χ2n) is 28.6. The Labute approximate surface area is 696 Å². The van der Waals surface area contributed by atoms with Crippen molar-refractivity contribution in [3.63, 3.8) is 0 Å². The second-order valence-corrected chi connectivity index (χ2v) is 30.3. The fourth-order valence-electron chi connectivity index (χ4n) is 14.8. The Balaban J connectivity index is 0.000000181. The summed E-state index contributed by atoms with van der Waals surface area (Å²) in [6.07, 6.45) is -1.37. The topological polar surface area (TPSA) is 321 Å². The number of esters is 1. The van der Waals surface area contributed by atoms with Gasteiger partial charge in [0.2, 0.25) is 0 Å². The van der Waals surface area contributed by atoms with Crippen molar-refractivity contribution in [2.24, 2.45) is 0 Å². The number of aromatic carboxylic acids is 3. The fourth-order valence-corrected chi connectivity index (χ4v) is 15.3. The highest BCUT2D eigenvalue weighted by Crippen LogP contribution is 2.50. The molecule has 4 saturated heterocycles. The molecule has 4 heterocycles. The smallest absolute Gasteiger partial charge is 0.338 e. The van der Waals surface area contributed by atoms with E-state index in [9.17, 15) is 82.6 Å². The van der Waals surface area contributed by atoms with Gasteiger partial charge < -0.3 is 54.3 Å². The summed E-state index contributed by atoms with van der Waals surface area (Å²) < 4.78 is 147. The minimum Gasteiger partial charge on any atom is -0.478 e. The summed E-state index contributed by atoms with van der Waals surface area (Å²) in [5, 5.41) is 63.9. The van der Waals surface area contributed by atoms with E-state index in [0.717, 1.165) is 49.6 Å². The zero-order valence-corrected chi connectivity index (χ0v) is 67.2. The standard InChI is InChI=1S/C23H23ClF2O5.2C22H21ClF2O5.C20H15ClF2O5/c1-3-23(29,22(26)8-10-31-11-9-22)15-12-17(21(28)30-2)19(18(25)13-15)20(27)14-4-6-16(24)7-5-14;2*1-2-22(29,21(25)7-9-30-10-8-21)14-11-16(20(27)28)18(17(24)12-14)19(26)13-3-5-15(23)6-4-13;21-13-3-1-11(2-4-13)17(24)16-14(19(26)27)9-12(10-15(16)22)18(25)20(23)5-7-28-8-6-20/h4-7,12-13,29H,3,8-11H2,1-2H3;2*3-6,11-12,29H,2,7-10H2,1H3,(H,27,28);1-4,9-10H,5-8H2,(H,26,27)/t23-;22-;;/m11../s1. The first-order valence-electron chi connectivity index (χ1n) is 37.3. The molecule has 20 nitrogen and oxygen atoms in total. The third-order valence-electron chi connectivity index (χ3n) is 21.8. The van der Waals surface area contributed by atoms with Crippen LogP contribution in [-0.2, 0) is 40.5 Å². The maximum Gasteiger partial charge on any atom is 0.338 e. The number of rotatable bonds is 23. The fraction of sp³-hybridized carbons (Fsp3) is 0.345. The maximum absolute atomic E-state index is 15.8. The first kappa shape index (κ1) is 93.2. The number of carboxylic acid groups (broad SMARTS) is 3. The van der Waals surface area contributed by atoms with Crippen LogP contribution in [0.1, 0.15) is 224 Å². The highest BCUT2D eigenvalue weighted by Gasteiger charge is 2.56. The molecule has 0 spiro atoms. The number of ketones is 5. The van der Waals surface area contributed by atoms with Crippen molar-refractivity contribution in [1.82, 2.24) is 0 Å². The van der Waals surface area contributed by atoms with Crippen LogP contribution in [-0.4, -0.2) is 166 Å². The third-order valence-corrected chi connectivity index (χ3v) is 22.8. The molecule has 4 fully saturated rings. The number of methoxy groups -OCH3 is 1. The number of carboxylic acids is 3. The molecule has 0 saturated carbocycles. The lowest BCUT2D eigenvalue weighted by Crippen LogP contribution is -2.51. The molecular weight excluding hydrogens is 1660 g/mol. The van der Waals surface area contributed by atoms with Crippen LogP contribution in [0.5, 0.6) is 0 Å². The average Bonchev–Trinajstić information content (AvgIpc) is 0.738. The quantitative estimate of drug-likeness (QED) is 0.0197. The first-order valence-corrected chi connectivity index (χ1v) is 38.8. The van der Waals surface area contributed by atoms with Gasteiger partial charge in [-0.15, -0.1) is 0 Å². The molecule has 0 radical (unpaired) electrons. The van der Waals surface area contributed by atoms with E-state index in [1.807, 2.05) is 0 Å². The summed E-state index contributed by atoms with van der Waals surface area (Å²) in [7, 11) is 1.09. The molecule has 12 rings (SSSR count). The Hall–Kier alpha value is -9.69. The second kappa shape index (κ2) is 38.8. The van der Waals surface area contributed by atoms with E-state index in [0.29, 0.717) is 26.2 Å². The molecule has 4 aliphatic heterocycles. The Morgan fingerprint density at radius 3 is 0.824 bits per heavy atom. The molecule has 6 N–H and O–H groups in total. The number of carbonyl (C=O) groups is 9. The summed E-state index contributed by atoms with van der Waals surface area (Å²) in [4.78, 5) is 112. The van der Waals surface area contributed by atoms with Gasteiger partial charge in [0, 0.05) is 139 Å². The lowest BCUT2D eigenvalue weighted by molar-refractivity contribution is -0.155. The molecule has 1 unspecified atom stereocenters. The Morgan fingerprint density at radius 2 is 0.580 bits per heavy atom. The van der Waals surface area contributed by atoms with Gasteiger partial charge in [0.05, 0.1) is 64.8 Å². The number of benzene rings is 8. The van der Waals surface area contributed by atoms with E-state index in [1.165, 1.54) is 111 Å². The largest absolute Gasteiger partial charge is 0.478 e. The Bertz CT molecular complexity index is 4990. The van der Waals surface area contributed by atoms with Gasteiger partial charge in [-0.3, -0.25) is 24.0 Å². The summed E-state index contributed by atoms with van der Waals surface area (Å²) in [6.45, 7) is 5.24. The highest BCUT2D eigenvalue weighted by molar-refractivity contribution is 6.32. The van der Waals surface area contributed by atoms with Gasteiger partial charge in [-0.2, -0.15) is 0 Å². The van der Waals surface area contributed by atoms with Crippen LogP contribution in [0.25, 0.3) is 0 Å². The molecule has 3 atom stereocenters. The normalized spacial score (nSPS) is 17.3. The lowest BCUT2D eigenvalue weighted by Gasteiger charge is -2.43. The predicted octanol–water partition coefficient (Wildman–Crippen LogP) is 17.8. The number of alkyl halides is 4. The monoisotopic (exact) mass is 1740 g/mol. The number of carbonyl (C=O) groups excluding carboxylic acids is 6. The van der Waals surface area contributed by atoms with Gasteiger partial charge in [0.1, 0.15) is 57.1 Å². The Kier molecular flexibility index (Phi) is 30.4. The minimum atomic E-state index is -2.26. The Morgan fingerprint density at radius 1 is 0.353 bits per heavy atom. The maximum atomic E-state index is 15.8. The zero-order valence-electron chi connectivity index (χ0n) is 64.2. The van der Waals surface area contributed by atoms with Gasteiger partial charge in [-0.05, 0) is 182 Å². The van der Waals surface area contributed by atoms with Crippen LogP contribution in [0.15, 0.2) is 146 Å². The van der Waals surface area contributed by atoms with E-state index in [2.05, 4.69) is 0 Å². The number of Topliss-reactive ketones (excluding diaryl/α,β-unsaturated/α-hetero) is 1. The van der Waals surface area contributed by atoms with E-state index in [1.54, 1.807) is 6.92 Å². The number of ether oxygens (including phenoxy) is 5. The number of aliphatic hydroxyl groups is 3. The van der Waals surface area contributed by atoms with Gasteiger partial charge in [-0.25, -0.2) is 54.3 Å². The predicted molar refractivity (Wildman–Crippen MR) is 420 cm³/mol. The number of halogens is 12. The van der Waals surface area contributed by atoms with Crippen molar-refractivity contribution in [3.05, 3.63) is 278 Å². The molecule has 8 aromatic carbocycles. The van der Waals surface area contributed by atoms with Crippen LogP contribution in [0.3, 0.4) is 0 Å². The first-order chi connectivity index (χ1) is 56.1. The van der Waals surface area contributed by atoms with Crippen molar-refractivity contribution in [2.75, 3.05) is 60.0 Å². The highest BCUT2D eigenvalue weighted by atomic mass is 35.5. The molecule has 0 amide bonds. The molecule has 632 valence electrons. The lowest BCUT2D eigenvalue weighted by atomic mass is 9.72. The van der Waals surface area contributed by atoms with Crippen molar-refractivity contribution in [1.29, 1.82) is 0 Å². The van der Waals surface area contributed by atoms with Crippen LogP contribution < -0.4 is 0 Å². The summed E-state index contributed by atoms with van der Waals surface area (Å²) in [5.74, 6) is -14.6. The molecule has 0 aliphatic carbocycles. The molecule has 8 aromatic rings. The van der Waals surface area contributed by atoms with E-state index >= 15 is 26.3 Å². The molecule has 4 aliphatic rings. The van der Waals surface area contributed by atoms with E-state index in [4.69, 9.17) is 70.1 Å². The zero-order chi connectivity index (χ0) is 87.5. The van der Waals surface area contributed by atoms with Crippen LogP contribution >= 0.6 is 46.4 Å². The van der Waals surface area contributed by atoms with Gasteiger partial charge in [0.25, 0.3) is 0 Å². The van der Waals surface area contributed by atoms with Crippen LogP contribution in [0.2, 0.25) is 20.1 Å². The molecule has 0 bridgehead atoms. The summed E-state index contributed by atoms with van der Waals surface area (Å²) in [6, 6.07) is 29.6. The van der Waals surface area contributed by atoms with E-state index < -0.39 is 160 Å².